The van der Waals surface area contributed by atoms with Gasteiger partial charge in [0.05, 0.1) is 13.7 Å². The molecule has 0 unspecified atom stereocenters. The molecule has 0 aliphatic carbocycles. The second kappa shape index (κ2) is 9.39. The van der Waals surface area contributed by atoms with Crippen LogP contribution in [0.2, 0.25) is 0 Å². The molecule has 1 heterocycles. The van der Waals surface area contributed by atoms with Gasteiger partial charge in [0.25, 0.3) is 0 Å². The van der Waals surface area contributed by atoms with Gasteiger partial charge in [0.2, 0.25) is 0 Å². The van der Waals surface area contributed by atoms with Crippen LogP contribution < -0.4 is 15.4 Å². The van der Waals surface area contributed by atoms with E-state index in [0.717, 1.165) is 11.3 Å². The SMILES string of the molecule is COCCNC(=S)NC[C@@H](c1ccc(OC)cc1)c1c[nH]c2ccccc12. The molecule has 5 nitrogen and oxygen atoms in total. The van der Waals surface area contributed by atoms with Crippen molar-refractivity contribution in [2.45, 2.75) is 5.92 Å². The first-order chi connectivity index (χ1) is 13.2. The maximum absolute atomic E-state index is 5.39. The molecule has 0 bridgehead atoms. The van der Waals surface area contributed by atoms with Crippen LogP contribution in [0.15, 0.2) is 54.7 Å². The summed E-state index contributed by atoms with van der Waals surface area (Å²) in [5, 5.41) is 8.35. The minimum absolute atomic E-state index is 0.147. The van der Waals surface area contributed by atoms with E-state index in [9.17, 15) is 0 Å². The zero-order valence-electron chi connectivity index (χ0n) is 15.6. The molecule has 142 valence electrons. The molecular formula is C21H25N3O2S. The Morgan fingerprint density at radius 2 is 1.85 bits per heavy atom. The van der Waals surface area contributed by atoms with E-state index in [0.29, 0.717) is 24.8 Å². The minimum atomic E-state index is 0.147. The lowest BCUT2D eigenvalue weighted by molar-refractivity contribution is 0.204. The first kappa shape index (κ1) is 19.2. The van der Waals surface area contributed by atoms with Crippen molar-refractivity contribution in [3.8, 4) is 5.75 Å². The maximum atomic E-state index is 5.39. The van der Waals surface area contributed by atoms with Crippen LogP contribution in [0.3, 0.4) is 0 Å². The first-order valence-electron chi connectivity index (χ1n) is 8.93. The number of H-pyrrole nitrogens is 1. The predicted octanol–water partition coefficient (Wildman–Crippen LogP) is 3.42. The van der Waals surface area contributed by atoms with Crippen molar-refractivity contribution in [2.75, 3.05) is 33.9 Å². The number of para-hydroxylation sites is 1. The molecule has 2 aromatic carbocycles. The lowest BCUT2D eigenvalue weighted by Gasteiger charge is -2.20. The Labute approximate surface area is 165 Å². The van der Waals surface area contributed by atoms with Gasteiger partial charge in [0.1, 0.15) is 5.75 Å². The van der Waals surface area contributed by atoms with E-state index in [-0.39, 0.29) is 5.92 Å². The molecule has 6 heteroatoms. The number of methoxy groups -OCH3 is 2. The Bertz CT molecular complexity index is 877. The molecule has 1 aromatic heterocycles. The van der Waals surface area contributed by atoms with E-state index < -0.39 is 0 Å². The van der Waals surface area contributed by atoms with Gasteiger partial charge in [0.15, 0.2) is 5.11 Å². The number of aromatic amines is 1. The third-order valence-electron chi connectivity index (χ3n) is 4.57. The van der Waals surface area contributed by atoms with Crippen molar-refractivity contribution < 1.29 is 9.47 Å². The summed E-state index contributed by atoms with van der Waals surface area (Å²) in [5.74, 6) is 0.996. The lowest BCUT2D eigenvalue weighted by Crippen LogP contribution is -2.39. The topological polar surface area (TPSA) is 58.3 Å². The zero-order valence-corrected chi connectivity index (χ0v) is 16.4. The number of rotatable bonds is 8. The van der Waals surface area contributed by atoms with Crippen molar-refractivity contribution in [2.24, 2.45) is 0 Å². The van der Waals surface area contributed by atoms with Gasteiger partial charge in [-0.1, -0.05) is 30.3 Å². The van der Waals surface area contributed by atoms with E-state index in [1.165, 1.54) is 16.5 Å². The molecule has 3 rings (SSSR count). The fourth-order valence-electron chi connectivity index (χ4n) is 3.15. The molecule has 0 amide bonds. The Balaban J connectivity index is 1.83. The molecular weight excluding hydrogens is 358 g/mol. The van der Waals surface area contributed by atoms with Crippen LogP contribution in [0.4, 0.5) is 0 Å². The van der Waals surface area contributed by atoms with Gasteiger partial charge in [-0.25, -0.2) is 0 Å². The molecule has 0 radical (unpaired) electrons. The van der Waals surface area contributed by atoms with Crippen LogP contribution in [-0.2, 0) is 4.74 Å². The summed E-state index contributed by atoms with van der Waals surface area (Å²) < 4.78 is 10.3. The zero-order chi connectivity index (χ0) is 19.1. The fraction of sp³-hybridized carbons (Fsp3) is 0.286. The summed E-state index contributed by atoms with van der Waals surface area (Å²) in [7, 11) is 3.35. The van der Waals surface area contributed by atoms with Crippen LogP contribution in [0, 0.1) is 0 Å². The third kappa shape index (κ3) is 4.78. The van der Waals surface area contributed by atoms with E-state index >= 15 is 0 Å². The Hall–Kier alpha value is -2.57. The maximum Gasteiger partial charge on any atom is 0.166 e. The van der Waals surface area contributed by atoms with E-state index in [1.807, 2.05) is 18.2 Å². The monoisotopic (exact) mass is 383 g/mol. The first-order valence-corrected chi connectivity index (χ1v) is 9.34. The number of nitrogens with one attached hydrogen (secondary N) is 3. The molecule has 0 saturated carbocycles. The Kier molecular flexibility index (Phi) is 6.68. The van der Waals surface area contributed by atoms with Crippen molar-refractivity contribution in [1.29, 1.82) is 0 Å². The van der Waals surface area contributed by atoms with Crippen LogP contribution in [0.25, 0.3) is 10.9 Å². The van der Waals surface area contributed by atoms with Gasteiger partial charge in [-0.3, -0.25) is 0 Å². The highest BCUT2D eigenvalue weighted by atomic mass is 32.1. The van der Waals surface area contributed by atoms with Crippen LogP contribution >= 0.6 is 12.2 Å². The number of hydrogen-bond donors (Lipinski definition) is 3. The van der Waals surface area contributed by atoms with Gasteiger partial charge >= 0.3 is 0 Å². The quantitative estimate of drug-likeness (QED) is 0.411. The highest BCUT2D eigenvalue weighted by Crippen LogP contribution is 2.31. The van der Waals surface area contributed by atoms with Crippen LogP contribution in [0.5, 0.6) is 5.75 Å². The lowest BCUT2D eigenvalue weighted by atomic mass is 9.91. The molecule has 0 aliphatic heterocycles. The molecule has 27 heavy (non-hydrogen) atoms. The fourth-order valence-corrected chi connectivity index (χ4v) is 3.34. The van der Waals surface area contributed by atoms with Crippen molar-refractivity contribution in [3.63, 3.8) is 0 Å². The minimum Gasteiger partial charge on any atom is -0.497 e. The Morgan fingerprint density at radius 3 is 2.59 bits per heavy atom. The van der Waals surface area contributed by atoms with Gasteiger partial charge < -0.3 is 25.1 Å². The molecule has 3 aromatic rings. The number of aromatic nitrogens is 1. The predicted molar refractivity (Wildman–Crippen MR) is 114 cm³/mol. The summed E-state index contributed by atoms with van der Waals surface area (Å²) in [4.78, 5) is 3.37. The third-order valence-corrected chi connectivity index (χ3v) is 4.86. The average Bonchev–Trinajstić information content (AvgIpc) is 3.13. The Morgan fingerprint density at radius 1 is 1.07 bits per heavy atom. The standard InChI is InChI=1S/C21H25N3O2S/c1-25-12-11-22-21(27)24-13-18(15-7-9-16(26-2)10-8-15)19-14-23-20-6-4-3-5-17(19)20/h3-10,14,18,23H,11-13H2,1-2H3,(H2,22,24,27)/t18-/m0/s1. The van der Waals surface area contributed by atoms with Crippen molar-refractivity contribution >= 4 is 28.2 Å². The molecule has 0 aliphatic rings. The van der Waals surface area contributed by atoms with Crippen LogP contribution in [0.1, 0.15) is 17.0 Å². The number of thiocarbonyl (C=S) groups is 1. The smallest absolute Gasteiger partial charge is 0.166 e. The van der Waals surface area contributed by atoms with Crippen LogP contribution in [-0.4, -0.2) is 44.0 Å². The molecule has 0 spiro atoms. The highest BCUT2D eigenvalue weighted by molar-refractivity contribution is 7.80. The molecule has 0 fully saturated rings. The van der Waals surface area contributed by atoms with E-state index in [1.54, 1.807) is 14.2 Å². The average molecular weight is 384 g/mol. The summed E-state index contributed by atoms with van der Waals surface area (Å²) >= 11 is 5.39. The summed E-state index contributed by atoms with van der Waals surface area (Å²) in [6, 6.07) is 16.5. The second-order valence-electron chi connectivity index (χ2n) is 6.24. The summed E-state index contributed by atoms with van der Waals surface area (Å²) in [6.45, 7) is 1.99. The van der Waals surface area contributed by atoms with Gasteiger partial charge in [-0.15, -0.1) is 0 Å². The summed E-state index contributed by atoms with van der Waals surface area (Å²) in [5.41, 5.74) is 3.57. The molecule has 0 saturated heterocycles. The molecule has 3 N–H and O–H groups in total. The number of fused-ring (bicyclic) bond motifs is 1. The van der Waals surface area contributed by atoms with Gasteiger partial charge in [0, 0.05) is 43.2 Å². The number of ether oxygens (including phenoxy) is 2. The molecule has 1 atom stereocenters. The van der Waals surface area contributed by atoms with Crippen molar-refractivity contribution in [3.05, 3.63) is 65.9 Å². The second-order valence-corrected chi connectivity index (χ2v) is 6.65. The van der Waals surface area contributed by atoms with Gasteiger partial charge in [-0.2, -0.15) is 0 Å². The normalized spacial score (nSPS) is 11.9. The highest BCUT2D eigenvalue weighted by Gasteiger charge is 2.18. The summed E-state index contributed by atoms with van der Waals surface area (Å²) in [6.07, 6.45) is 2.09. The van der Waals surface area contributed by atoms with Gasteiger partial charge in [-0.05, 0) is 41.5 Å². The number of hydrogen-bond acceptors (Lipinski definition) is 3. The largest absolute Gasteiger partial charge is 0.497 e. The number of benzene rings is 2. The van der Waals surface area contributed by atoms with E-state index in [2.05, 4.69) is 52.1 Å². The van der Waals surface area contributed by atoms with E-state index in [4.69, 9.17) is 21.7 Å². The van der Waals surface area contributed by atoms with Crippen molar-refractivity contribution in [1.82, 2.24) is 15.6 Å².